The van der Waals surface area contributed by atoms with Gasteiger partial charge in [-0.1, -0.05) is 18.2 Å². The summed E-state index contributed by atoms with van der Waals surface area (Å²) in [4.78, 5) is 15.9. The first kappa shape index (κ1) is 15.4. The number of aromatic nitrogens is 1. The molecule has 1 heterocycles. The monoisotopic (exact) mass is 338 g/mol. The SMILES string of the molecule is COC1(CNC(=O)c2cc3ccccc3[nH]2)C2CC3CC(C2)CC1C3. The Hall–Kier alpha value is -1.81. The first-order valence-electron chi connectivity index (χ1n) is 9.59. The van der Waals surface area contributed by atoms with Gasteiger partial charge in [0.15, 0.2) is 0 Å². The lowest BCUT2D eigenvalue weighted by molar-refractivity contribution is -0.186. The van der Waals surface area contributed by atoms with Gasteiger partial charge in [-0.15, -0.1) is 0 Å². The Morgan fingerprint density at radius 2 is 1.84 bits per heavy atom. The summed E-state index contributed by atoms with van der Waals surface area (Å²) in [7, 11) is 1.84. The molecule has 0 unspecified atom stereocenters. The van der Waals surface area contributed by atoms with Gasteiger partial charge in [0, 0.05) is 24.6 Å². The second kappa shape index (κ2) is 5.60. The Labute approximate surface area is 148 Å². The number of aromatic amines is 1. The van der Waals surface area contributed by atoms with Crippen LogP contribution in [0.5, 0.6) is 0 Å². The maximum atomic E-state index is 12.7. The number of methoxy groups -OCH3 is 1. The summed E-state index contributed by atoms with van der Waals surface area (Å²) in [5, 5.41) is 4.26. The van der Waals surface area contributed by atoms with Crippen molar-refractivity contribution in [3.05, 3.63) is 36.0 Å². The maximum Gasteiger partial charge on any atom is 0.267 e. The molecule has 4 aliphatic carbocycles. The number of ether oxygens (including phenoxy) is 1. The van der Waals surface area contributed by atoms with Crippen LogP contribution in [0.15, 0.2) is 30.3 Å². The zero-order valence-corrected chi connectivity index (χ0v) is 14.8. The number of H-pyrrole nitrogens is 1. The Kier molecular flexibility index (Phi) is 3.46. The van der Waals surface area contributed by atoms with Crippen molar-refractivity contribution in [1.29, 1.82) is 0 Å². The van der Waals surface area contributed by atoms with Crippen LogP contribution < -0.4 is 5.32 Å². The lowest BCUT2D eigenvalue weighted by Gasteiger charge is -2.60. The summed E-state index contributed by atoms with van der Waals surface area (Å²) in [5.41, 5.74) is 1.48. The fraction of sp³-hybridized carbons (Fsp3) is 0.571. The zero-order chi connectivity index (χ0) is 17.0. The minimum atomic E-state index is -0.158. The van der Waals surface area contributed by atoms with Crippen LogP contribution >= 0.6 is 0 Å². The standard InChI is InChI=1S/C21H26N2O2/c1-25-21(16-7-13-6-14(9-16)10-17(21)8-13)12-22-20(24)19-11-15-4-2-3-5-18(15)23-19/h2-5,11,13-14,16-17,23H,6-10,12H2,1H3,(H,22,24). The van der Waals surface area contributed by atoms with E-state index in [1.807, 2.05) is 37.4 Å². The number of hydrogen-bond donors (Lipinski definition) is 2. The topological polar surface area (TPSA) is 54.1 Å². The molecule has 2 aromatic rings. The van der Waals surface area contributed by atoms with Crippen LogP contribution in [0.3, 0.4) is 0 Å². The molecule has 0 spiro atoms. The third kappa shape index (κ3) is 2.34. The molecule has 1 aromatic carbocycles. The average molecular weight is 338 g/mol. The van der Waals surface area contributed by atoms with Crippen molar-refractivity contribution < 1.29 is 9.53 Å². The van der Waals surface area contributed by atoms with Crippen LogP contribution in [0, 0.1) is 23.7 Å². The van der Waals surface area contributed by atoms with E-state index in [9.17, 15) is 4.79 Å². The number of para-hydroxylation sites is 1. The molecule has 1 amide bonds. The van der Waals surface area contributed by atoms with Crippen molar-refractivity contribution in [2.24, 2.45) is 23.7 Å². The molecular formula is C21H26N2O2. The highest BCUT2D eigenvalue weighted by Crippen LogP contribution is 2.59. The summed E-state index contributed by atoms with van der Waals surface area (Å²) in [6.45, 7) is 0.631. The van der Waals surface area contributed by atoms with E-state index >= 15 is 0 Å². The Bertz CT molecular complexity index is 748. The third-order valence-electron chi connectivity index (χ3n) is 7.20. The van der Waals surface area contributed by atoms with Crippen LogP contribution in [0.1, 0.15) is 42.6 Å². The average Bonchev–Trinajstić information content (AvgIpc) is 3.05. The van der Waals surface area contributed by atoms with Crippen LogP contribution in [-0.4, -0.2) is 30.1 Å². The predicted octanol–water partition coefficient (Wildman–Crippen LogP) is 3.74. The second-order valence-corrected chi connectivity index (χ2v) is 8.42. The van der Waals surface area contributed by atoms with Gasteiger partial charge in [-0.25, -0.2) is 0 Å². The first-order chi connectivity index (χ1) is 12.2. The number of nitrogens with one attached hydrogen (secondary N) is 2. The molecular weight excluding hydrogens is 312 g/mol. The summed E-state index contributed by atoms with van der Waals surface area (Å²) in [6, 6.07) is 9.93. The molecule has 0 radical (unpaired) electrons. The van der Waals surface area contributed by atoms with Gasteiger partial charge in [-0.2, -0.15) is 0 Å². The molecule has 132 valence electrons. The number of amides is 1. The largest absolute Gasteiger partial charge is 0.376 e. The van der Waals surface area contributed by atoms with Crippen molar-refractivity contribution in [3.8, 4) is 0 Å². The molecule has 0 saturated heterocycles. The van der Waals surface area contributed by atoms with Gasteiger partial charge in [0.25, 0.3) is 5.91 Å². The normalized spacial score (nSPS) is 36.0. The third-order valence-corrected chi connectivity index (χ3v) is 7.20. The highest BCUT2D eigenvalue weighted by molar-refractivity contribution is 5.98. The van der Waals surface area contributed by atoms with Crippen molar-refractivity contribution >= 4 is 16.8 Å². The summed E-state index contributed by atoms with van der Waals surface area (Å²) in [5.74, 6) is 2.99. The molecule has 25 heavy (non-hydrogen) atoms. The van der Waals surface area contributed by atoms with E-state index in [0.717, 1.165) is 22.7 Å². The van der Waals surface area contributed by atoms with Gasteiger partial charge in [0.2, 0.25) is 0 Å². The van der Waals surface area contributed by atoms with E-state index in [1.165, 1.54) is 32.1 Å². The highest BCUT2D eigenvalue weighted by atomic mass is 16.5. The first-order valence-corrected chi connectivity index (χ1v) is 9.59. The molecule has 4 fully saturated rings. The molecule has 4 heteroatoms. The number of rotatable bonds is 4. The van der Waals surface area contributed by atoms with Crippen molar-refractivity contribution in [2.45, 2.75) is 37.7 Å². The van der Waals surface area contributed by atoms with Gasteiger partial charge < -0.3 is 15.0 Å². The fourth-order valence-corrected chi connectivity index (χ4v) is 6.19. The fourth-order valence-electron chi connectivity index (χ4n) is 6.19. The zero-order valence-electron chi connectivity index (χ0n) is 14.8. The molecule has 4 saturated carbocycles. The molecule has 0 atom stereocenters. The number of carbonyl (C=O) groups excluding carboxylic acids is 1. The predicted molar refractivity (Wildman–Crippen MR) is 97.4 cm³/mol. The number of fused-ring (bicyclic) bond motifs is 1. The van der Waals surface area contributed by atoms with Crippen LogP contribution in [0.4, 0.5) is 0 Å². The van der Waals surface area contributed by atoms with Gasteiger partial charge >= 0.3 is 0 Å². The second-order valence-electron chi connectivity index (χ2n) is 8.42. The Morgan fingerprint density at radius 1 is 1.16 bits per heavy atom. The van der Waals surface area contributed by atoms with Crippen LogP contribution in [0.25, 0.3) is 10.9 Å². The molecule has 6 rings (SSSR count). The minimum absolute atomic E-state index is 0.0265. The van der Waals surface area contributed by atoms with E-state index in [0.29, 0.717) is 24.1 Å². The molecule has 2 N–H and O–H groups in total. The quantitative estimate of drug-likeness (QED) is 0.892. The molecule has 4 aliphatic rings. The van der Waals surface area contributed by atoms with Gasteiger partial charge in [0.05, 0.1) is 5.60 Å². The molecule has 4 nitrogen and oxygen atoms in total. The lowest BCUT2D eigenvalue weighted by atomic mass is 9.49. The van der Waals surface area contributed by atoms with E-state index in [4.69, 9.17) is 4.74 Å². The summed E-state index contributed by atoms with van der Waals surface area (Å²) >= 11 is 0. The number of hydrogen-bond acceptors (Lipinski definition) is 2. The van der Waals surface area contributed by atoms with E-state index in [2.05, 4.69) is 10.3 Å². The van der Waals surface area contributed by atoms with Crippen molar-refractivity contribution in [3.63, 3.8) is 0 Å². The van der Waals surface area contributed by atoms with E-state index in [-0.39, 0.29) is 11.5 Å². The van der Waals surface area contributed by atoms with Crippen molar-refractivity contribution in [2.75, 3.05) is 13.7 Å². The van der Waals surface area contributed by atoms with Crippen molar-refractivity contribution in [1.82, 2.24) is 10.3 Å². The summed E-state index contributed by atoms with van der Waals surface area (Å²) in [6.07, 6.45) is 6.55. The summed E-state index contributed by atoms with van der Waals surface area (Å²) < 4.78 is 6.13. The van der Waals surface area contributed by atoms with Crippen LogP contribution in [-0.2, 0) is 4.74 Å². The number of benzene rings is 1. The Morgan fingerprint density at radius 3 is 2.48 bits per heavy atom. The lowest BCUT2D eigenvalue weighted by Crippen LogP contribution is -2.63. The number of carbonyl (C=O) groups is 1. The molecule has 0 aliphatic heterocycles. The van der Waals surface area contributed by atoms with Gasteiger partial charge in [0.1, 0.15) is 5.69 Å². The van der Waals surface area contributed by atoms with E-state index in [1.54, 1.807) is 0 Å². The van der Waals surface area contributed by atoms with Gasteiger partial charge in [-0.05, 0) is 67.9 Å². The van der Waals surface area contributed by atoms with Gasteiger partial charge in [-0.3, -0.25) is 4.79 Å². The van der Waals surface area contributed by atoms with Crippen LogP contribution in [0.2, 0.25) is 0 Å². The minimum Gasteiger partial charge on any atom is -0.376 e. The Balaban J connectivity index is 1.35. The van der Waals surface area contributed by atoms with E-state index < -0.39 is 0 Å². The maximum absolute atomic E-state index is 12.7. The molecule has 1 aromatic heterocycles. The highest BCUT2D eigenvalue weighted by Gasteiger charge is 2.57. The molecule has 4 bridgehead atoms. The smallest absolute Gasteiger partial charge is 0.267 e.